The van der Waals surface area contributed by atoms with Crippen LogP contribution in [-0.4, -0.2) is 16.9 Å². The van der Waals surface area contributed by atoms with Gasteiger partial charge in [0.05, 0.1) is 5.71 Å². The molecule has 3 rings (SSSR count). The number of nitrogens with one attached hydrogen (secondary N) is 2. The molecule has 106 valence electrons. The fourth-order valence-corrected chi connectivity index (χ4v) is 3.46. The second-order valence-corrected chi connectivity index (χ2v) is 6.21. The highest BCUT2D eigenvalue weighted by molar-refractivity contribution is 7.80. The lowest BCUT2D eigenvalue weighted by Gasteiger charge is -2.13. The van der Waals surface area contributed by atoms with Gasteiger partial charge < -0.3 is 5.32 Å². The second kappa shape index (κ2) is 6.10. The van der Waals surface area contributed by atoms with Crippen LogP contribution in [0, 0.1) is 0 Å². The van der Waals surface area contributed by atoms with Gasteiger partial charge in [0.25, 0.3) is 0 Å². The first-order chi connectivity index (χ1) is 9.74. The van der Waals surface area contributed by atoms with Crippen LogP contribution < -0.4 is 10.7 Å². The van der Waals surface area contributed by atoms with E-state index in [4.69, 9.17) is 23.8 Å². The van der Waals surface area contributed by atoms with Gasteiger partial charge in [-0.25, -0.2) is 0 Å². The van der Waals surface area contributed by atoms with Crippen molar-refractivity contribution in [1.29, 1.82) is 0 Å². The van der Waals surface area contributed by atoms with Crippen molar-refractivity contribution in [2.75, 3.05) is 0 Å². The number of nitrogens with zero attached hydrogens (tertiary/aromatic N) is 1. The Morgan fingerprint density at radius 3 is 2.85 bits per heavy atom. The summed E-state index contributed by atoms with van der Waals surface area (Å²) in [4.78, 5) is 0. The van der Waals surface area contributed by atoms with Crippen molar-refractivity contribution in [3.63, 3.8) is 0 Å². The minimum Gasteiger partial charge on any atom is -0.359 e. The van der Waals surface area contributed by atoms with Gasteiger partial charge in [-0.05, 0) is 49.5 Å². The van der Waals surface area contributed by atoms with Crippen molar-refractivity contribution < 1.29 is 0 Å². The number of hydrogen-bond donors (Lipinski definition) is 2. The van der Waals surface area contributed by atoms with Crippen LogP contribution >= 0.6 is 23.8 Å². The third-order valence-electron chi connectivity index (χ3n) is 4.02. The predicted molar refractivity (Wildman–Crippen MR) is 87.4 cm³/mol. The van der Waals surface area contributed by atoms with Crippen LogP contribution in [0.25, 0.3) is 0 Å². The summed E-state index contributed by atoms with van der Waals surface area (Å²) < 4.78 is 0. The molecule has 1 aromatic carbocycles. The topological polar surface area (TPSA) is 36.4 Å². The van der Waals surface area contributed by atoms with Gasteiger partial charge in [0.1, 0.15) is 0 Å². The summed E-state index contributed by atoms with van der Waals surface area (Å²) in [5, 5.41) is 9.23. The van der Waals surface area contributed by atoms with Gasteiger partial charge in [-0.1, -0.05) is 36.6 Å². The number of hydrogen-bond acceptors (Lipinski definition) is 2. The average Bonchev–Trinajstić information content (AvgIpc) is 3.06. The van der Waals surface area contributed by atoms with E-state index in [1.807, 2.05) is 12.1 Å². The first-order valence-electron chi connectivity index (χ1n) is 7.15. The van der Waals surface area contributed by atoms with Crippen LogP contribution in [0.3, 0.4) is 0 Å². The molecule has 0 atom stereocenters. The van der Waals surface area contributed by atoms with Crippen LogP contribution in [-0.2, 0) is 6.42 Å². The molecule has 5 heteroatoms. The van der Waals surface area contributed by atoms with E-state index in [1.54, 1.807) is 0 Å². The average molecular weight is 308 g/mol. The lowest BCUT2D eigenvalue weighted by Crippen LogP contribution is -2.38. The van der Waals surface area contributed by atoms with Crippen LogP contribution in [0.15, 0.2) is 23.3 Å². The van der Waals surface area contributed by atoms with Crippen LogP contribution in [0.4, 0.5) is 0 Å². The van der Waals surface area contributed by atoms with Gasteiger partial charge in [-0.3, -0.25) is 5.43 Å². The molecule has 0 unspecified atom stereocenters. The molecule has 1 aromatic rings. The molecule has 0 saturated heterocycles. The van der Waals surface area contributed by atoms with E-state index in [1.165, 1.54) is 31.2 Å². The maximum absolute atomic E-state index is 6.20. The van der Waals surface area contributed by atoms with Crippen LogP contribution in [0.2, 0.25) is 5.02 Å². The molecule has 2 N–H and O–H groups in total. The van der Waals surface area contributed by atoms with Gasteiger partial charge in [0.2, 0.25) is 0 Å². The molecule has 0 bridgehead atoms. The van der Waals surface area contributed by atoms with Gasteiger partial charge >= 0.3 is 0 Å². The monoisotopic (exact) mass is 307 g/mol. The maximum Gasteiger partial charge on any atom is 0.187 e. The summed E-state index contributed by atoms with van der Waals surface area (Å²) >= 11 is 11.5. The summed E-state index contributed by atoms with van der Waals surface area (Å²) in [5.74, 6) is 0. The van der Waals surface area contributed by atoms with E-state index >= 15 is 0 Å². The summed E-state index contributed by atoms with van der Waals surface area (Å²) in [5.41, 5.74) is 6.36. The molecular weight excluding hydrogens is 290 g/mol. The minimum absolute atomic E-state index is 0.514. The second-order valence-electron chi connectivity index (χ2n) is 5.39. The zero-order valence-electron chi connectivity index (χ0n) is 11.3. The predicted octanol–water partition coefficient (Wildman–Crippen LogP) is 3.40. The first kappa shape index (κ1) is 13.8. The molecule has 0 amide bonds. The summed E-state index contributed by atoms with van der Waals surface area (Å²) in [6.07, 6.45) is 6.87. The molecular formula is C15H18ClN3S. The molecule has 1 fully saturated rings. The van der Waals surface area contributed by atoms with Crippen molar-refractivity contribution in [3.8, 4) is 0 Å². The Labute approximate surface area is 129 Å². The molecule has 0 spiro atoms. The Kier molecular flexibility index (Phi) is 4.22. The molecule has 3 nitrogen and oxygen atoms in total. The molecule has 0 heterocycles. The minimum atomic E-state index is 0.514. The van der Waals surface area contributed by atoms with Gasteiger partial charge in [0, 0.05) is 16.6 Å². The van der Waals surface area contributed by atoms with Gasteiger partial charge in [-0.2, -0.15) is 5.10 Å². The number of benzene rings is 1. The van der Waals surface area contributed by atoms with E-state index < -0.39 is 0 Å². The van der Waals surface area contributed by atoms with E-state index in [0.717, 1.165) is 29.1 Å². The van der Waals surface area contributed by atoms with Gasteiger partial charge in [-0.15, -0.1) is 0 Å². The highest BCUT2D eigenvalue weighted by atomic mass is 35.5. The van der Waals surface area contributed by atoms with Crippen molar-refractivity contribution in [3.05, 3.63) is 34.3 Å². The molecule has 0 radical (unpaired) electrons. The van der Waals surface area contributed by atoms with Crippen LogP contribution in [0.1, 0.15) is 43.2 Å². The number of halogens is 1. The van der Waals surface area contributed by atoms with E-state index in [0.29, 0.717) is 11.2 Å². The quantitative estimate of drug-likeness (QED) is 0.649. The van der Waals surface area contributed by atoms with Crippen LogP contribution in [0.5, 0.6) is 0 Å². The van der Waals surface area contributed by atoms with E-state index in [2.05, 4.69) is 21.9 Å². The smallest absolute Gasteiger partial charge is 0.187 e. The first-order valence-corrected chi connectivity index (χ1v) is 7.93. The Hall–Kier alpha value is -1.13. The highest BCUT2D eigenvalue weighted by Crippen LogP contribution is 2.28. The molecule has 2 aliphatic carbocycles. The Morgan fingerprint density at radius 2 is 2.05 bits per heavy atom. The maximum atomic E-state index is 6.20. The van der Waals surface area contributed by atoms with E-state index in [-0.39, 0.29) is 0 Å². The highest BCUT2D eigenvalue weighted by Gasteiger charge is 2.20. The third kappa shape index (κ3) is 2.96. The normalized spacial score (nSPS) is 20.1. The molecule has 0 aromatic heterocycles. The number of thiocarbonyl (C=S) groups is 1. The Balaban J connectivity index is 1.63. The SMILES string of the molecule is S=C(N/N=C1/CCc2c(Cl)cccc21)NC1CCCC1. The van der Waals surface area contributed by atoms with Crippen molar-refractivity contribution >= 4 is 34.6 Å². The molecule has 0 aliphatic heterocycles. The van der Waals surface area contributed by atoms with Crippen molar-refractivity contribution in [2.24, 2.45) is 5.10 Å². The summed E-state index contributed by atoms with van der Waals surface area (Å²) in [6, 6.07) is 6.49. The fraction of sp³-hybridized carbons (Fsp3) is 0.467. The van der Waals surface area contributed by atoms with Crippen molar-refractivity contribution in [1.82, 2.24) is 10.7 Å². The zero-order chi connectivity index (χ0) is 13.9. The zero-order valence-corrected chi connectivity index (χ0v) is 12.9. The molecule has 2 aliphatic rings. The summed E-state index contributed by atoms with van der Waals surface area (Å²) in [6.45, 7) is 0. The lowest BCUT2D eigenvalue weighted by molar-refractivity contribution is 0.623. The molecule has 20 heavy (non-hydrogen) atoms. The Bertz CT molecular complexity index is 550. The van der Waals surface area contributed by atoms with Gasteiger partial charge in [0.15, 0.2) is 5.11 Å². The number of fused-ring (bicyclic) bond motifs is 1. The largest absolute Gasteiger partial charge is 0.359 e. The summed E-state index contributed by atoms with van der Waals surface area (Å²) in [7, 11) is 0. The fourth-order valence-electron chi connectivity index (χ4n) is 2.98. The van der Waals surface area contributed by atoms with Crippen molar-refractivity contribution in [2.45, 2.75) is 44.6 Å². The third-order valence-corrected chi connectivity index (χ3v) is 4.59. The molecule has 1 saturated carbocycles. The van der Waals surface area contributed by atoms with E-state index in [9.17, 15) is 0 Å². The standard InChI is InChI=1S/C15H18ClN3S/c16-13-7-3-6-12-11(13)8-9-14(12)18-19-15(20)17-10-4-1-2-5-10/h3,6-7,10H,1-2,4-5,8-9H2,(H2,17,19,20)/b18-14-. The number of rotatable bonds is 2. The Morgan fingerprint density at radius 1 is 1.25 bits per heavy atom. The lowest BCUT2D eigenvalue weighted by atomic mass is 10.1. The number of hydrazone groups is 1.